The van der Waals surface area contributed by atoms with Crippen molar-refractivity contribution in [1.82, 2.24) is 0 Å². The van der Waals surface area contributed by atoms with Gasteiger partial charge in [-0.3, -0.25) is 14.5 Å². The average molecular weight is 443 g/mol. The number of aliphatic hydroxyl groups excluding tert-OH is 1. The van der Waals surface area contributed by atoms with Crippen LogP contribution in [0.1, 0.15) is 29.7 Å². The second-order valence-electron chi connectivity index (χ2n) is 7.71. The average Bonchev–Trinajstić information content (AvgIpc) is 3.09. The lowest BCUT2D eigenvalue weighted by atomic mass is 9.94. The van der Waals surface area contributed by atoms with Gasteiger partial charge in [0, 0.05) is 5.69 Å². The molecule has 1 unspecified atom stereocenters. The number of carbonyl (C=O) groups excluding carboxylic acids is 2. The molecule has 0 spiro atoms. The Morgan fingerprint density at radius 2 is 1.73 bits per heavy atom. The minimum absolute atomic E-state index is 0.00941. The summed E-state index contributed by atoms with van der Waals surface area (Å²) < 4.78 is 10.9. The van der Waals surface area contributed by atoms with E-state index in [9.17, 15) is 14.7 Å². The number of aryl methyl sites for hydroxylation is 1. The summed E-state index contributed by atoms with van der Waals surface area (Å²) in [5.41, 5.74) is 2.56. The summed E-state index contributed by atoms with van der Waals surface area (Å²) in [6.07, 6.45) is 0. The van der Waals surface area contributed by atoms with Gasteiger partial charge in [-0.25, -0.2) is 0 Å². The lowest BCUT2D eigenvalue weighted by Crippen LogP contribution is -2.29. The van der Waals surface area contributed by atoms with E-state index in [1.165, 1.54) is 12.0 Å². The fourth-order valence-electron chi connectivity index (χ4n) is 4.09. The molecule has 0 aliphatic carbocycles. The highest BCUT2D eigenvalue weighted by Gasteiger charge is 2.47. The van der Waals surface area contributed by atoms with Gasteiger partial charge in [-0.05, 0) is 61.4 Å². The van der Waals surface area contributed by atoms with Crippen molar-refractivity contribution in [3.63, 3.8) is 0 Å². The van der Waals surface area contributed by atoms with Crippen LogP contribution >= 0.6 is 0 Å². The quantitative estimate of drug-likeness (QED) is 0.329. The normalized spacial score (nSPS) is 17.3. The van der Waals surface area contributed by atoms with Gasteiger partial charge in [0.25, 0.3) is 11.7 Å². The van der Waals surface area contributed by atoms with Crippen molar-refractivity contribution in [2.45, 2.75) is 19.9 Å². The first-order valence-corrected chi connectivity index (χ1v) is 10.7. The van der Waals surface area contributed by atoms with Gasteiger partial charge < -0.3 is 14.6 Å². The van der Waals surface area contributed by atoms with Crippen LogP contribution < -0.4 is 14.4 Å². The van der Waals surface area contributed by atoms with Gasteiger partial charge in [0.1, 0.15) is 17.3 Å². The molecule has 6 nitrogen and oxygen atoms in total. The number of methoxy groups -OCH3 is 1. The molecular weight excluding hydrogens is 418 g/mol. The minimum Gasteiger partial charge on any atom is -0.507 e. The van der Waals surface area contributed by atoms with Gasteiger partial charge in [0.2, 0.25) is 0 Å². The van der Waals surface area contributed by atoms with Crippen molar-refractivity contribution in [2.24, 2.45) is 0 Å². The third-order valence-corrected chi connectivity index (χ3v) is 5.59. The van der Waals surface area contributed by atoms with Crippen LogP contribution in [0, 0.1) is 6.92 Å². The minimum atomic E-state index is -0.813. The summed E-state index contributed by atoms with van der Waals surface area (Å²) in [6.45, 7) is 4.34. The molecule has 1 saturated heterocycles. The van der Waals surface area contributed by atoms with Crippen molar-refractivity contribution in [1.29, 1.82) is 0 Å². The molecule has 1 aliphatic heterocycles. The second-order valence-corrected chi connectivity index (χ2v) is 7.71. The zero-order chi connectivity index (χ0) is 23.5. The molecule has 3 aromatic carbocycles. The molecule has 1 atom stereocenters. The number of rotatable bonds is 6. The second kappa shape index (κ2) is 9.20. The van der Waals surface area contributed by atoms with Crippen molar-refractivity contribution < 1.29 is 24.2 Å². The van der Waals surface area contributed by atoms with Crippen molar-refractivity contribution >= 4 is 23.1 Å². The van der Waals surface area contributed by atoms with E-state index >= 15 is 0 Å². The molecule has 1 amide bonds. The van der Waals surface area contributed by atoms with Gasteiger partial charge in [-0.2, -0.15) is 0 Å². The number of para-hydroxylation sites is 1. The molecule has 0 saturated carbocycles. The van der Waals surface area contributed by atoms with E-state index in [0.717, 1.165) is 5.56 Å². The number of aliphatic hydroxyl groups is 1. The lowest BCUT2D eigenvalue weighted by molar-refractivity contribution is -0.132. The van der Waals surface area contributed by atoms with Gasteiger partial charge in [0.15, 0.2) is 0 Å². The molecule has 1 N–H and O–H groups in total. The summed E-state index contributed by atoms with van der Waals surface area (Å²) >= 11 is 0. The largest absolute Gasteiger partial charge is 0.507 e. The number of carbonyl (C=O) groups is 2. The van der Waals surface area contributed by atoms with Gasteiger partial charge in [0.05, 0.1) is 30.9 Å². The molecule has 0 radical (unpaired) electrons. The first kappa shape index (κ1) is 22.1. The molecule has 1 fully saturated rings. The fraction of sp³-hybridized carbons (Fsp3) is 0.185. The lowest BCUT2D eigenvalue weighted by Gasteiger charge is -2.26. The molecule has 1 heterocycles. The number of hydrogen-bond acceptors (Lipinski definition) is 5. The van der Waals surface area contributed by atoms with Crippen molar-refractivity contribution in [3.05, 3.63) is 95.1 Å². The van der Waals surface area contributed by atoms with Crippen LogP contribution in [0.5, 0.6) is 11.5 Å². The number of nitrogens with zero attached hydrogens (tertiary/aromatic N) is 1. The van der Waals surface area contributed by atoms with Crippen molar-refractivity contribution in [3.8, 4) is 11.5 Å². The third kappa shape index (κ3) is 4.07. The predicted octanol–water partition coefficient (Wildman–Crippen LogP) is 5.03. The Morgan fingerprint density at radius 1 is 1.00 bits per heavy atom. The van der Waals surface area contributed by atoms with E-state index in [-0.39, 0.29) is 11.3 Å². The van der Waals surface area contributed by atoms with Crippen LogP contribution in [-0.2, 0) is 9.59 Å². The molecule has 168 valence electrons. The summed E-state index contributed by atoms with van der Waals surface area (Å²) in [6, 6.07) is 20.6. The molecule has 0 aromatic heterocycles. The van der Waals surface area contributed by atoms with E-state index in [1.807, 2.05) is 32.0 Å². The number of benzene rings is 3. The molecule has 0 bridgehead atoms. The Morgan fingerprint density at radius 3 is 2.39 bits per heavy atom. The number of ether oxygens (including phenoxy) is 2. The van der Waals surface area contributed by atoms with E-state index < -0.39 is 17.7 Å². The van der Waals surface area contributed by atoms with Gasteiger partial charge in [-0.1, -0.05) is 36.4 Å². The maximum Gasteiger partial charge on any atom is 0.300 e. The summed E-state index contributed by atoms with van der Waals surface area (Å²) in [4.78, 5) is 27.9. The maximum atomic E-state index is 13.3. The highest BCUT2D eigenvalue weighted by atomic mass is 16.5. The standard InChI is InChI=1S/C27H25NO5/c1-4-33-20-14-12-18(13-15-20)24-23(25(29)21-10-5-6-11-22(21)32-3)26(30)27(31)28(24)19-9-7-8-17(2)16-19/h5-16,24,29H,4H2,1-3H3/b25-23+. The Labute approximate surface area is 192 Å². The van der Waals surface area contributed by atoms with E-state index in [1.54, 1.807) is 54.6 Å². The first-order chi connectivity index (χ1) is 16.0. The van der Waals surface area contributed by atoms with E-state index in [2.05, 4.69) is 0 Å². The fourth-order valence-corrected chi connectivity index (χ4v) is 4.09. The molecule has 4 rings (SSSR count). The highest BCUT2D eigenvalue weighted by molar-refractivity contribution is 6.51. The molecule has 33 heavy (non-hydrogen) atoms. The number of Topliss-reactive ketones (excluding diaryl/α,β-unsaturated/α-hetero) is 1. The van der Waals surface area contributed by atoms with Crippen LogP contribution in [0.4, 0.5) is 5.69 Å². The Kier molecular flexibility index (Phi) is 6.18. The molecule has 6 heteroatoms. The predicted molar refractivity (Wildman–Crippen MR) is 127 cm³/mol. The molecular formula is C27H25NO5. The molecule has 1 aliphatic rings. The highest BCUT2D eigenvalue weighted by Crippen LogP contribution is 2.43. The van der Waals surface area contributed by atoms with Crippen LogP contribution in [0.15, 0.2) is 78.4 Å². The van der Waals surface area contributed by atoms with Crippen LogP contribution in [0.3, 0.4) is 0 Å². The number of ketones is 1. The topological polar surface area (TPSA) is 76.1 Å². The smallest absolute Gasteiger partial charge is 0.300 e. The first-order valence-electron chi connectivity index (χ1n) is 10.7. The third-order valence-electron chi connectivity index (χ3n) is 5.59. The SMILES string of the molecule is CCOc1ccc(C2/C(=C(\O)c3ccccc3OC)C(=O)C(=O)N2c2cccc(C)c2)cc1. The zero-order valence-electron chi connectivity index (χ0n) is 18.7. The van der Waals surface area contributed by atoms with Gasteiger partial charge >= 0.3 is 0 Å². The molecule has 3 aromatic rings. The van der Waals surface area contributed by atoms with Crippen LogP contribution in [0.2, 0.25) is 0 Å². The van der Waals surface area contributed by atoms with E-state index in [0.29, 0.717) is 34.9 Å². The van der Waals surface area contributed by atoms with Crippen molar-refractivity contribution in [2.75, 3.05) is 18.6 Å². The monoisotopic (exact) mass is 443 g/mol. The summed E-state index contributed by atoms with van der Waals surface area (Å²) in [7, 11) is 1.49. The maximum absolute atomic E-state index is 13.3. The van der Waals surface area contributed by atoms with Gasteiger partial charge in [-0.15, -0.1) is 0 Å². The Hall–Kier alpha value is -4.06. The number of amides is 1. The Balaban J connectivity index is 1.94. The number of anilines is 1. The zero-order valence-corrected chi connectivity index (χ0v) is 18.7. The van der Waals surface area contributed by atoms with E-state index in [4.69, 9.17) is 9.47 Å². The van der Waals surface area contributed by atoms with Crippen LogP contribution in [0.25, 0.3) is 5.76 Å². The number of hydrogen-bond donors (Lipinski definition) is 1. The summed E-state index contributed by atoms with van der Waals surface area (Å²) in [5, 5.41) is 11.3. The van der Waals surface area contributed by atoms with Crippen LogP contribution in [-0.4, -0.2) is 30.5 Å². The Bertz CT molecular complexity index is 1230. The summed E-state index contributed by atoms with van der Waals surface area (Å²) in [5.74, 6) is -0.643.